The Bertz CT molecular complexity index is 425. The van der Waals surface area contributed by atoms with Gasteiger partial charge in [0.15, 0.2) is 6.61 Å². The van der Waals surface area contributed by atoms with E-state index in [1.807, 2.05) is 18.2 Å². The number of nitrogens with two attached hydrogens (primary N) is 1. The van der Waals surface area contributed by atoms with Gasteiger partial charge in [0, 0.05) is 13.1 Å². The molecule has 1 aromatic carbocycles. The highest BCUT2D eigenvalue weighted by Crippen LogP contribution is 2.11. The van der Waals surface area contributed by atoms with E-state index in [0.717, 1.165) is 5.56 Å². The van der Waals surface area contributed by atoms with Gasteiger partial charge >= 0.3 is 0 Å². The summed E-state index contributed by atoms with van der Waals surface area (Å²) in [6, 6.07) is 9.04. The molecule has 1 atom stereocenters. The number of aliphatic hydroxyl groups excluding tert-OH is 1. The van der Waals surface area contributed by atoms with E-state index in [1.54, 1.807) is 12.1 Å². The summed E-state index contributed by atoms with van der Waals surface area (Å²) in [7, 11) is 0. The molecule has 1 amide bonds. The molecule has 1 aromatic rings. The number of nitriles is 1. The number of primary amides is 1. The molecule has 6 heteroatoms. The normalized spacial score (nSPS) is 11.6. The zero-order chi connectivity index (χ0) is 13.4. The van der Waals surface area contributed by atoms with Crippen LogP contribution in [0.4, 0.5) is 0 Å². The lowest BCUT2D eigenvalue weighted by Crippen LogP contribution is -2.37. The van der Waals surface area contributed by atoms with Gasteiger partial charge in [-0.25, -0.2) is 0 Å². The summed E-state index contributed by atoms with van der Waals surface area (Å²) < 4.78 is 5.10. The number of hydrogen-bond donors (Lipinski definition) is 3. The quantitative estimate of drug-likeness (QED) is 0.605. The fourth-order valence-corrected chi connectivity index (χ4v) is 1.27. The number of hydrogen-bond acceptors (Lipinski definition) is 5. The van der Waals surface area contributed by atoms with E-state index in [1.165, 1.54) is 0 Å². The van der Waals surface area contributed by atoms with Crippen LogP contribution in [0, 0.1) is 11.3 Å². The van der Waals surface area contributed by atoms with Crippen molar-refractivity contribution in [2.45, 2.75) is 12.6 Å². The number of aliphatic hydroxyl groups is 1. The van der Waals surface area contributed by atoms with Crippen LogP contribution in [0.5, 0.6) is 5.75 Å². The van der Waals surface area contributed by atoms with Crippen molar-refractivity contribution >= 4 is 5.91 Å². The van der Waals surface area contributed by atoms with Gasteiger partial charge in [-0.15, -0.1) is 0 Å². The summed E-state index contributed by atoms with van der Waals surface area (Å²) in [5, 5.41) is 20.4. The maximum atomic E-state index is 10.6. The van der Waals surface area contributed by atoms with Crippen molar-refractivity contribution < 1.29 is 14.6 Å². The molecule has 4 N–H and O–H groups in total. The second-order valence-corrected chi connectivity index (χ2v) is 3.64. The van der Waals surface area contributed by atoms with Crippen LogP contribution >= 0.6 is 0 Å². The van der Waals surface area contributed by atoms with E-state index < -0.39 is 12.0 Å². The molecule has 1 rings (SSSR count). The molecule has 0 saturated carbocycles. The van der Waals surface area contributed by atoms with Gasteiger partial charge in [0.1, 0.15) is 17.9 Å². The fourth-order valence-electron chi connectivity index (χ4n) is 1.27. The molecular formula is C12H15N3O3. The van der Waals surface area contributed by atoms with Gasteiger partial charge in [0.05, 0.1) is 0 Å². The van der Waals surface area contributed by atoms with Crippen LogP contribution in [0.15, 0.2) is 24.3 Å². The third-order valence-electron chi connectivity index (χ3n) is 2.22. The number of ether oxygens (including phenoxy) is 1. The Kier molecular flexibility index (Phi) is 5.64. The second kappa shape index (κ2) is 7.27. The predicted octanol–water partition coefficient (Wildman–Crippen LogP) is -0.475. The highest BCUT2D eigenvalue weighted by molar-refractivity contribution is 5.78. The van der Waals surface area contributed by atoms with Crippen molar-refractivity contribution in [3.8, 4) is 11.8 Å². The second-order valence-electron chi connectivity index (χ2n) is 3.64. The van der Waals surface area contributed by atoms with Gasteiger partial charge in [-0.2, -0.15) is 5.26 Å². The smallest absolute Gasteiger partial charge is 0.247 e. The van der Waals surface area contributed by atoms with E-state index in [9.17, 15) is 4.79 Å². The average molecular weight is 249 g/mol. The molecule has 18 heavy (non-hydrogen) atoms. The monoisotopic (exact) mass is 249 g/mol. The molecule has 6 nitrogen and oxygen atoms in total. The van der Waals surface area contributed by atoms with Gasteiger partial charge in [-0.3, -0.25) is 4.79 Å². The van der Waals surface area contributed by atoms with Gasteiger partial charge in [-0.1, -0.05) is 12.1 Å². The topological polar surface area (TPSA) is 108 Å². The largest absolute Gasteiger partial charge is 0.479 e. The molecule has 0 aliphatic carbocycles. The molecule has 0 aromatic heterocycles. The Morgan fingerprint density at radius 1 is 1.50 bits per heavy atom. The summed E-state index contributed by atoms with van der Waals surface area (Å²) in [4.78, 5) is 10.6. The minimum atomic E-state index is -1.18. The number of rotatable bonds is 7. The third-order valence-corrected chi connectivity index (χ3v) is 2.22. The molecule has 0 saturated heterocycles. The number of nitrogens with one attached hydrogen (secondary N) is 1. The maximum Gasteiger partial charge on any atom is 0.247 e. The van der Waals surface area contributed by atoms with Crippen molar-refractivity contribution in [2.24, 2.45) is 5.73 Å². The Morgan fingerprint density at radius 2 is 2.17 bits per heavy atom. The first-order valence-electron chi connectivity index (χ1n) is 5.40. The standard InChI is InChI=1S/C12H15N3O3/c13-5-6-18-10-3-1-9(2-4-10)7-15-8-11(16)12(14)17/h1-4,11,15-16H,6-8H2,(H2,14,17). The Labute approximate surface area is 105 Å². The van der Waals surface area contributed by atoms with Crippen molar-refractivity contribution in [3.63, 3.8) is 0 Å². The van der Waals surface area contributed by atoms with Crippen molar-refractivity contribution in [3.05, 3.63) is 29.8 Å². The lowest BCUT2D eigenvalue weighted by atomic mass is 10.2. The van der Waals surface area contributed by atoms with Gasteiger partial charge < -0.3 is 20.9 Å². The first-order valence-corrected chi connectivity index (χ1v) is 5.40. The van der Waals surface area contributed by atoms with Gasteiger partial charge in [0.2, 0.25) is 5.91 Å². The van der Waals surface area contributed by atoms with Crippen LogP contribution in [-0.4, -0.2) is 30.3 Å². The van der Waals surface area contributed by atoms with E-state index >= 15 is 0 Å². The number of carbonyl (C=O) groups is 1. The van der Waals surface area contributed by atoms with Crippen molar-refractivity contribution in [1.29, 1.82) is 5.26 Å². The average Bonchev–Trinajstić information content (AvgIpc) is 2.37. The molecule has 0 radical (unpaired) electrons. The molecule has 0 aliphatic rings. The molecular weight excluding hydrogens is 234 g/mol. The first-order chi connectivity index (χ1) is 8.63. The van der Waals surface area contributed by atoms with Crippen molar-refractivity contribution in [1.82, 2.24) is 5.32 Å². The highest BCUT2D eigenvalue weighted by atomic mass is 16.5. The van der Waals surface area contributed by atoms with E-state index in [-0.39, 0.29) is 13.2 Å². The lowest BCUT2D eigenvalue weighted by molar-refractivity contribution is -0.125. The van der Waals surface area contributed by atoms with E-state index in [0.29, 0.717) is 12.3 Å². The Balaban J connectivity index is 2.35. The minimum absolute atomic E-state index is 0.0163. The van der Waals surface area contributed by atoms with Crippen LogP contribution in [0.2, 0.25) is 0 Å². The molecule has 0 spiro atoms. The number of nitrogens with zero attached hydrogens (tertiary/aromatic N) is 1. The van der Waals surface area contributed by atoms with Gasteiger partial charge in [0.25, 0.3) is 0 Å². The molecule has 96 valence electrons. The number of carbonyl (C=O) groups excluding carboxylic acids is 1. The predicted molar refractivity (Wildman–Crippen MR) is 64.5 cm³/mol. The van der Waals surface area contributed by atoms with Crippen LogP contribution < -0.4 is 15.8 Å². The number of benzene rings is 1. The van der Waals surface area contributed by atoms with E-state index in [4.69, 9.17) is 20.8 Å². The molecule has 0 bridgehead atoms. The zero-order valence-corrected chi connectivity index (χ0v) is 9.80. The molecule has 0 heterocycles. The van der Waals surface area contributed by atoms with Crippen molar-refractivity contribution in [2.75, 3.05) is 13.2 Å². The fraction of sp³-hybridized carbons (Fsp3) is 0.333. The van der Waals surface area contributed by atoms with Crippen LogP contribution in [-0.2, 0) is 11.3 Å². The van der Waals surface area contributed by atoms with E-state index in [2.05, 4.69) is 5.32 Å². The van der Waals surface area contributed by atoms with Gasteiger partial charge in [-0.05, 0) is 17.7 Å². The summed E-state index contributed by atoms with van der Waals surface area (Å²) in [5.74, 6) is -0.125. The molecule has 0 aliphatic heterocycles. The number of amides is 1. The first kappa shape index (κ1) is 14.0. The summed E-state index contributed by atoms with van der Waals surface area (Å²) in [5.41, 5.74) is 5.88. The highest BCUT2D eigenvalue weighted by Gasteiger charge is 2.09. The summed E-state index contributed by atoms with van der Waals surface area (Å²) >= 11 is 0. The zero-order valence-electron chi connectivity index (χ0n) is 9.80. The Morgan fingerprint density at radius 3 is 2.72 bits per heavy atom. The van der Waals surface area contributed by atoms with Crippen LogP contribution in [0.25, 0.3) is 0 Å². The molecule has 0 fully saturated rings. The summed E-state index contributed by atoms with van der Waals surface area (Å²) in [6.45, 7) is 0.632. The molecule has 1 unspecified atom stereocenters. The Hall–Kier alpha value is -2.10. The van der Waals surface area contributed by atoms with Crippen LogP contribution in [0.1, 0.15) is 5.56 Å². The third kappa shape index (κ3) is 4.82. The van der Waals surface area contributed by atoms with Crippen LogP contribution in [0.3, 0.4) is 0 Å². The summed E-state index contributed by atoms with van der Waals surface area (Å²) in [6.07, 6.45) is -1.18. The SMILES string of the molecule is N#CCOc1ccc(CNCC(O)C(N)=O)cc1. The minimum Gasteiger partial charge on any atom is -0.479 e. The maximum absolute atomic E-state index is 10.6. The lowest BCUT2D eigenvalue weighted by Gasteiger charge is -2.08.